The van der Waals surface area contributed by atoms with E-state index in [1.54, 1.807) is 0 Å². The summed E-state index contributed by atoms with van der Waals surface area (Å²) >= 11 is 0. The van der Waals surface area contributed by atoms with Crippen LogP contribution >= 0.6 is 0 Å². The van der Waals surface area contributed by atoms with Crippen molar-refractivity contribution in [2.45, 2.75) is 51.0 Å². The number of sulfonamides is 1. The van der Waals surface area contributed by atoms with Crippen LogP contribution in [0.4, 0.5) is 0 Å². The summed E-state index contributed by atoms with van der Waals surface area (Å²) in [7, 11) is -3.12. The lowest BCUT2D eigenvalue weighted by Crippen LogP contribution is -2.46. The molecule has 0 bridgehead atoms. The fraction of sp³-hybridized carbons (Fsp3) is 1.00. The number of nitrogens with one attached hydrogen (secondary N) is 2. The second-order valence-corrected chi connectivity index (χ2v) is 7.94. The SMILES string of the molecule is O=S(=O)(CCN1CCNCC1)NC1CCCCCCC1. The van der Waals surface area contributed by atoms with Gasteiger partial charge < -0.3 is 5.32 Å². The van der Waals surface area contributed by atoms with Gasteiger partial charge in [0.15, 0.2) is 0 Å². The van der Waals surface area contributed by atoms with Gasteiger partial charge in [-0.1, -0.05) is 32.1 Å². The first-order chi connectivity index (χ1) is 9.66. The summed E-state index contributed by atoms with van der Waals surface area (Å²) in [6.07, 6.45) is 8.14. The molecule has 0 aromatic carbocycles. The fourth-order valence-electron chi connectivity index (χ4n) is 3.07. The molecular formula is C14H29N3O2S. The zero-order chi connectivity index (χ0) is 14.3. The normalized spacial score (nSPS) is 24.2. The Morgan fingerprint density at radius 3 is 2.25 bits per heavy atom. The molecule has 2 rings (SSSR count). The third-order valence-electron chi connectivity index (χ3n) is 4.34. The molecule has 5 nitrogen and oxygen atoms in total. The molecule has 1 saturated heterocycles. The van der Waals surface area contributed by atoms with Crippen molar-refractivity contribution in [3.8, 4) is 0 Å². The Morgan fingerprint density at radius 2 is 1.60 bits per heavy atom. The quantitative estimate of drug-likeness (QED) is 0.793. The zero-order valence-electron chi connectivity index (χ0n) is 12.4. The van der Waals surface area contributed by atoms with Crippen LogP contribution in [0.2, 0.25) is 0 Å². The van der Waals surface area contributed by atoms with E-state index in [0.29, 0.717) is 6.54 Å². The Balaban J connectivity index is 1.73. The molecule has 2 aliphatic rings. The molecular weight excluding hydrogens is 274 g/mol. The topological polar surface area (TPSA) is 61.4 Å². The monoisotopic (exact) mass is 303 g/mol. The van der Waals surface area contributed by atoms with Crippen LogP contribution in [0.15, 0.2) is 0 Å². The molecule has 1 saturated carbocycles. The van der Waals surface area contributed by atoms with Crippen molar-refractivity contribution in [3.63, 3.8) is 0 Å². The van der Waals surface area contributed by atoms with E-state index in [-0.39, 0.29) is 11.8 Å². The van der Waals surface area contributed by atoms with Crippen molar-refractivity contribution >= 4 is 10.0 Å². The average molecular weight is 303 g/mol. The lowest BCUT2D eigenvalue weighted by molar-refractivity contribution is 0.253. The van der Waals surface area contributed by atoms with Crippen LogP contribution in [0, 0.1) is 0 Å². The number of nitrogens with zero attached hydrogens (tertiary/aromatic N) is 1. The summed E-state index contributed by atoms with van der Waals surface area (Å²) in [5.74, 6) is 0.240. The van der Waals surface area contributed by atoms with Gasteiger partial charge in [0.05, 0.1) is 5.75 Å². The molecule has 0 aromatic heterocycles. The molecule has 0 radical (unpaired) electrons. The van der Waals surface area contributed by atoms with Gasteiger partial charge in [-0.25, -0.2) is 13.1 Å². The average Bonchev–Trinajstić information content (AvgIpc) is 2.41. The van der Waals surface area contributed by atoms with E-state index < -0.39 is 10.0 Å². The largest absolute Gasteiger partial charge is 0.314 e. The van der Waals surface area contributed by atoms with Crippen LogP contribution in [0.25, 0.3) is 0 Å². The molecule has 20 heavy (non-hydrogen) atoms. The summed E-state index contributed by atoms with van der Waals surface area (Å²) in [5, 5.41) is 3.28. The van der Waals surface area contributed by atoms with Crippen LogP contribution in [-0.4, -0.2) is 57.8 Å². The smallest absolute Gasteiger partial charge is 0.213 e. The standard InChI is InChI=1S/C14H29N3O2S/c18-20(19,13-12-17-10-8-15-9-11-17)16-14-6-4-2-1-3-5-7-14/h14-16H,1-13H2. The molecule has 0 spiro atoms. The third kappa shape index (κ3) is 6.08. The van der Waals surface area contributed by atoms with Gasteiger partial charge in [-0.05, 0) is 12.8 Å². The van der Waals surface area contributed by atoms with Crippen molar-refractivity contribution in [2.24, 2.45) is 0 Å². The Morgan fingerprint density at radius 1 is 1.00 bits per heavy atom. The summed E-state index contributed by atoms with van der Waals surface area (Å²) in [6.45, 7) is 4.51. The maximum absolute atomic E-state index is 12.2. The Kier molecular flexibility index (Phi) is 6.74. The second kappa shape index (κ2) is 8.32. The molecule has 1 aliphatic carbocycles. The molecule has 1 heterocycles. The maximum Gasteiger partial charge on any atom is 0.213 e. The predicted molar refractivity (Wildman–Crippen MR) is 82.3 cm³/mol. The second-order valence-electron chi connectivity index (χ2n) is 6.07. The molecule has 2 fully saturated rings. The minimum absolute atomic E-state index is 0.170. The lowest BCUT2D eigenvalue weighted by atomic mass is 9.97. The van der Waals surface area contributed by atoms with Crippen molar-refractivity contribution in [3.05, 3.63) is 0 Å². The molecule has 0 unspecified atom stereocenters. The number of hydrogen-bond acceptors (Lipinski definition) is 4. The van der Waals surface area contributed by atoms with Gasteiger partial charge in [0.1, 0.15) is 0 Å². The molecule has 6 heteroatoms. The minimum atomic E-state index is -3.12. The van der Waals surface area contributed by atoms with Gasteiger partial charge in [0, 0.05) is 38.8 Å². The number of hydrogen-bond donors (Lipinski definition) is 2. The van der Waals surface area contributed by atoms with Crippen LogP contribution in [-0.2, 0) is 10.0 Å². The van der Waals surface area contributed by atoms with Crippen molar-refractivity contribution in [1.82, 2.24) is 14.9 Å². The molecule has 0 amide bonds. The summed E-state index contributed by atoms with van der Waals surface area (Å²) in [5.41, 5.74) is 0. The maximum atomic E-state index is 12.2. The van der Waals surface area contributed by atoms with Gasteiger partial charge in [0.25, 0.3) is 0 Å². The van der Waals surface area contributed by atoms with E-state index in [9.17, 15) is 8.42 Å². The van der Waals surface area contributed by atoms with E-state index in [2.05, 4.69) is 14.9 Å². The van der Waals surface area contributed by atoms with Gasteiger partial charge in [0.2, 0.25) is 10.0 Å². The molecule has 118 valence electrons. The Labute approximate surface area is 123 Å². The van der Waals surface area contributed by atoms with E-state index in [1.165, 1.54) is 19.3 Å². The highest BCUT2D eigenvalue weighted by Gasteiger charge is 2.20. The van der Waals surface area contributed by atoms with E-state index in [1.807, 2.05) is 0 Å². The van der Waals surface area contributed by atoms with Crippen molar-refractivity contribution in [2.75, 3.05) is 38.5 Å². The Bertz CT molecular complexity index is 359. The van der Waals surface area contributed by atoms with Gasteiger partial charge in [-0.15, -0.1) is 0 Å². The molecule has 1 aliphatic heterocycles. The fourth-order valence-corrected chi connectivity index (χ4v) is 4.43. The summed E-state index contributed by atoms with van der Waals surface area (Å²) in [4.78, 5) is 2.23. The van der Waals surface area contributed by atoms with E-state index >= 15 is 0 Å². The molecule has 0 aromatic rings. The van der Waals surface area contributed by atoms with Gasteiger partial charge in [-0.2, -0.15) is 0 Å². The van der Waals surface area contributed by atoms with Crippen molar-refractivity contribution < 1.29 is 8.42 Å². The van der Waals surface area contributed by atoms with E-state index in [4.69, 9.17) is 0 Å². The molecule has 2 N–H and O–H groups in total. The van der Waals surface area contributed by atoms with Crippen LogP contribution < -0.4 is 10.0 Å². The highest BCUT2D eigenvalue weighted by molar-refractivity contribution is 7.89. The van der Waals surface area contributed by atoms with Gasteiger partial charge in [-0.3, -0.25) is 4.90 Å². The van der Waals surface area contributed by atoms with Crippen LogP contribution in [0.5, 0.6) is 0 Å². The van der Waals surface area contributed by atoms with E-state index in [0.717, 1.165) is 51.9 Å². The highest BCUT2D eigenvalue weighted by Crippen LogP contribution is 2.17. The summed E-state index contributed by atoms with van der Waals surface area (Å²) in [6, 6.07) is 0.170. The number of rotatable bonds is 5. The highest BCUT2D eigenvalue weighted by atomic mass is 32.2. The first kappa shape index (κ1) is 16.2. The van der Waals surface area contributed by atoms with Crippen LogP contribution in [0.3, 0.4) is 0 Å². The predicted octanol–water partition coefficient (Wildman–Crippen LogP) is 0.924. The lowest BCUT2D eigenvalue weighted by Gasteiger charge is -2.27. The first-order valence-corrected chi connectivity index (χ1v) is 9.74. The zero-order valence-corrected chi connectivity index (χ0v) is 13.3. The minimum Gasteiger partial charge on any atom is -0.314 e. The third-order valence-corrected chi connectivity index (χ3v) is 5.75. The Hall–Kier alpha value is -0.170. The van der Waals surface area contributed by atoms with Crippen LogP contribution in [0.1, 0.15) is 44.9 Å². The summed E-state index contributed by atoms with van der Waals surface area (Å²) < 4.78 is 27.3. The first-order valence-electron chi connectivity index (χ1n) is 8.09. The number of piperazine rings is 1. The van der Waals surface area contributed by atoms with Crippen molar-refractivity contribution in [1.29, 1.82) is 0 Å². The van der Waals surface area contributed by atoms with Gasteiger partial charge >= 0.3 is 0 Å². The molecule has 0 atom stereocenters.